The van der Waals surface area contributed by atoms with Crippen LogP contribution >= 0.6 is 0 Å². The van der Waals surface area contributed by atoms with Gasteiger partial charge in [0.1, 0.15) is 0 Å². The molecule has 1 aliphatic carbocycles. The Labute approximate surface area is 43.7 Å². The second kappa shape index (κ2) is 1.03. The molecule has 2 fully saturated rings. The first-order valence-electron chi connectivity index (χ1n) is 2.99. The third kappa shape index (κ3) is 0.418. The summed E-state index contributed by atoms with van der Waals surface area (Å²) in [5, 5.41) is 0. The van der Waals surface area contributed by atoms with E-state index >= 15 is 0 Å². The highest BCUT2D eigenvalue weighted by Crippen LogP contribution is 2.45. The lowest BCUT2D eigenvalue weighted by atomic mass is 10.1. The molecule has 1 heteroatoms. The van der Waals surface area contributed by atoms with Gasteiger partial charge in [0.05, 0.1) is 6.10 Å². The van der Waals surface area contributed by atoms with Gasteiger partial charge in [0, 0.05) is 6.61 Å². The van der Waals surface area contributed by atoms with Crippen LogP contribution in [0.15, 0.2) is 0 Å². The summed E-state index contributed by atoms with van der Waals surface area (Å²) in [5.41, 5.74) is 0. The van der Waals surface area contributed by atoms with Crippen molar-refractivity contribution in [3.8, 4) is 0 Å². The molecule has 0 spiro atoms. The number of fused-ring (bicyclic) bond motifs is 1. The Morgan fingerprint density at radius 1 is 1.57 bits per heavy atom. The zero-order valence-electron chi connectivity index (χ0n) is 4.55. The van der Waals surface area contributed by atoms with Gasteiger partial charge < -0.3 is 4.74 Å². The fourth-order valence-electron chi connectivity index (χ4n) is 1.38. The largest absolute Gasteiger partial charge is 0.378 e. The average molecular weight is 98.1 g/mol. The van der Waals surface area contributed by atoms with Crippen molar-refractivity contribution in [3.05, 3.63) is 0 Å². The molecule has 40 valence electrons. The maximum Gasteiger partial charge on any atom is 0.0611 e. The van der Waals surface area contributed by atoms with Gasteiger partial charge in [0.2, 0.25) is 0 Å². The second-order valence-corrected chi connectivity index (χ2v) is 2.75. The summed E-state index contributed by atoms with van der Waals surface area (Å²) >= 11 is 0. The van der Waals surface area contributed by atoms with Crippen molar-refractivity contribution < 1.29 is 4.74 Å². The van der Waals surface area contributed by atoms with Gasteiger partial charge in [0.25, 0.3) is 0 Å². The van der Waals surface area contributed by atoms with Crippen molar-refractivity contribution in [2.45, 2.75) is 19.4 Å². The Hall–Kier alpha value is -0.0400. The molecule has 2 aliphatic rings. The fourth-order valence-corrected chi connectivity index (χ4v) is 1.38. The predicted molar refractivity (Wildman–Crippen MR) is 27.0 cm³/mol. The molecule has 3 atom stereocenters. The first kappa shape index (κ1) is 3.90. The molecule has 0 aromatic rings. The van der Waals surface area contributed by atoms with Gasteiger partial charge in [-0.3, -0.25) is 0 Å². The summed E-state index contributed by atoms with van der Waals surface area (Å²) in [6.07, 6.45) is 2.04. The molecule has 0 amide bonds. The second-order valence-electron chi connectivity index (χ2n) is 2.75. The standard InChI is InChI=1S/C6H10O/c1-4-3-7-6-2-5(4)6/h4-6H,2-3H2,1H3/t4-,5?,6?/m0/s1. The molecule has 0 radical (unpaired) electrons. The van der Waals surface area contributed by atoms with Gasteiger partial charge in [-0.15, -0.1) is 0 Å². The van der Waals surface area contributed by atoms with Gasteiger partial charge in [0.15, 0.2) is 0 Å². The van der Waals surface area contributed by atoms with Gasteiger partial charge in [-0.2, -0.15) is 0 Å². The maximum atomic E-state index is 5.34. The van der Waals surface area contributed by atoms with E-state index in [1.165, 1.54) is 6.42 Å². The maximum absolute atomic E-state index is 5.34. The van der Waals surface area contributed by atoms with Crippen LogP contribution in [0.25, 0.3) is 0 Å². The monoisotopic (exact) mass is 98.1 g/mol. The van der Waals surface area contributed by atoms with E-state index in [1.54, 1.807) is 0 Å². The lowest BCUT2D eigenvalue weighted by Gasteiger charge is -1.97. The van der Waals surface area contributed by atoms with E-state index in [0.29, 0.717) is 6.10 Å². The van der Waals surface area contributed by atoms with Crippen molar-refractivity contribution >= 4 is 0 Å². The highest BCUT2D eigenvalue weighted by Gasteiger charge is 2.47. The molecular weight excluding hydrogens is 88.1 g/mol. The third-order valence-electron chi connectivity index (χ3n) is 2.08. The zero-order valence-corrected chi connectivity index (χ0v) is 4.55. The summed E-state index contributed by atoms with van der Waals surface area (Å²) in [7, 11) is 0. The molecule has 1 heterocycles. The molecule has 0 bridgehead atoms. The molecule has 0 aromatic carbocycles. The van der Waals surface area contributed by atoms with E-state index in [4.69, 9.17) is 4.74 Å². The Kier molecular flexibility index (Phi) is 0.571. The van der Waals surface area contributed by atoms with Crippen LogP contribution in [-0.4, -0.2) is 12.7 Å². The summed E-state index contributed by atoms with van der Waals surface area (Å²) in [5.74, 6) is 1.82. The average Bonchev–Trinajstić information content (AvgIpc) is 2.33. The molecule has 1 aliphatic heterocycles. The SMILES string of the molecule is C[C@H]1COC2CC21. The Morgan fingerprint density at radius 3 is 2.57 bits per heavy atom. The number of hydrogen-bond donors (Lipinski definition) is 0. The van der Waals surface area contributed by atoms with Crippen LogP contribution in [-0.2, 0) is 4.74 Å². The predicted octanol–water partition coefficient (Wildman–Crippen LogP) is 1.04. The molecule has 0 aromatic heterocycles. The summed E-state index contributed by atoms with van der Waals surface area (Å²) in [4.78, 5) is 0. The van der Waals surface area contributed by atoms with Crippen LogP contribution in [0.4, 0.5) is 0 Å². The topological polar surface area (TPSA) is 9.23 Å². The van der Waals surface area contributed by atoms with Crippen LogP contribution in [0.5, 0.6) is 0 Å². The Bertz CT molecular complexity index is 90.2. The van der Waals surface area contributed by atoms with Crippen molar-refractivity contribution in [3.63, 3.8) is 0 Å². The van der Waals surface area contributed by atoms with Gasteiger partial charge in [-0.25, -0.2) is 0 Å². The highest BCUT2D eigenvalue weighted by atomic mass is 16.5. The van der Waals surface area contributed by atoms with Gasteiger partial charge in [-0.1, -0.05) is 6.92 Å². The van der Waals surface area contributed by atoms with E-state index in [2.05, 4.69) is 6.92 Å². The molecule has 7 heavy (non-hydrogen) atoms. The van der Waals surface area contributed by atoms with Crippen LogP contribution < -0.4 is 0 Å². The zero-order chi connectivity index (χ0) is 4.85. The number of rotatable bonds is 0. The van der Waals surface area contributed by atoms with Crippen molar-refractivity contribution in [1.82, 2.24) is 0 Å². The molecule has 1 nitrogen and oxygen atoms in total. The lowest BCUT2D eigenvalue weighted by molar-refractivity contribution is 0.142. The quantitative estimate of drug-likeness (QED) is 0.440. The number of hydrogen-bond acceptors (Lipinski definition) is 1. The van der Waals surface area contributed by atoms with Gasteiger partial charge >= 0.3 is 0 Å². The highest BCUT2D eigenvalue weighted by molar-refractivity contribution is 4.95. The summed E-state index contributed by atoms with van der Waals surface area (Å²) in [6.45, 7) is 3.30. The normalized spacial score (nSPS) is 57.0. The molecule has 0 N–H and O–H groups in total. The third-order valence-corrected chi connectivity index (χ3v) is 2.08. The van der Waals surface area contributed by atoms with Crippen molar-refractivity contribution in [2.24, 2.45) is 11.8 Å². The fraction of sp³-hybridized carbons (Fsp3) is 1.00. The molecular formula is C6H10O. The van der Waals surface area contributed by atoms with Crippen LogP contribution in [0.2, 0.25) is 0 Å². The summed E-state index contributed by atoms with van der Waals surface area (Å²) < 4.78 is 5.34. The van der Waals surface area contributed by atoms with E-state index in [1.807, 2.05) is 0 Å². The van der Waals surface area contributed by atoms with Gasteiger partial charge in [-0.05, 0) is 18.3 Å². The molecule has 1 saturated carbocycles. The minimum Gasteiger partial charge on any atom is -0.378 e. The molecule has 2 rings (SSSR count). The summed E-state index contributed by atoms with van der Waals surface area (Å²) in [6, 6.07) is 0. The van der Waals surface area contributed by atoms with E-state index in [9.17, 15) is 0 Å². The molecule has 1 saturated heterocycles. The first-order chi connectivity index (χ1) is 3.38. The minimum atomic E-state index is 0.690. The van der Waals surface area contributed by atoms with E-state index < -0.39 is 0 Å². The Morgan fingerprint density at radius 2 is 2.43 bits per heavy atom. The van der Waals surface area contributed by atoms with E-state index in [0.717, 1.165) is 18.4 Å². The van der Waals surface area contributed by atoms with Crippen molar-refractivity contribution in [1.29, 1.82) is 0 Å². The van der Waals surface area contributed by atoms with E-state index in [-0.39, 0.29) is 0 Å². The smallest absolute Gasteiger partial charge is 0.0611 e. The van der Waals surface area contributed by atoms with Crippen LogP contribution in [0.1, 0.15) is 13.3 Å². The Balaban J connectivity index is 2.08. The number of ether oxygens (including phenoxy) is 1. The van der Waals surface area contributed by atoms with Crippen LogP contribution in [0.3, 0.4) is 0 Å². The minimum absolute atomic E-state index is 0.690. The van der Waals surface area contributed by atoms with Crippen molar-refractivity contribution in [2.75, 3.05) is 6.61 Å². The first-order valence-corrected chi connectivity index (χ1v) is 2.99. The van der Waals surface area contributed by atoms with Crippen LogP contribution in [0, 0.1) is 11.8 Å². The lowest BCUT2D eigenvalue weighted by Crippen LogP contribution is -1.97. The molecule has 2 unspecified atom stereocenters.